The van der Waals surface area contributed by atoms with E-state index in [1.54, 1.807) is 6.92 Å². The Kier molecular flexibility index (Phi) is 5.20. The lowest BCUT2D eigenvalue weighted by atomic mass is 10.2. The van der Waals surface area contributed by atoms with Crippen molar-refractivity contribution in [2.45, 2.75) is 39.8 Å². The number of ether oxygens (including phenoxy) is 1. The summed E-state index contributed by atoms with van der Waals surface area (Å²) in [6.07, 6.45) is 0.289. The predicted octanol–water partition coefficient (Wildman–Crippen LogP) is 2.73. The number of anilines is 1. The van der Waals surface area contributed by atoms with Gasteiger partial charge >= 0.3 is 0 Å². The van der Waals surface area contributed by atoms with E-state index in [0.29, 0.717) is 24.0 Å². The van der Waals surface area contributed by atoms with E-state index in [1.165, 1.54) is 0 Å². The normalized spacial score (nSPS) is 13.2. The van der Waals surface area contributed by atoms with Crippen molar-refractivity contribution in [3.05, 3.63) is 24.0 Å². The molecule has 2 rings (SSSR count). The summed E-state index contributed by atoms with van der Waals surface area (Å²) in [6.45, 7) is 8.28. The van der Waals surface area contributed by atoms with Crippen molar-refractivity contribution < 1.29 is 9.84 Å². The van der Waals surface area contributed by atoms with Gasteiger partial charge in [-0.3, -0.25) is 0 Å². The fourth-order valence-corrected chi connectivity index (χ4v) is 2.36. The van der Waals surface area contributed by atoms with Gasteiger partial charge < -0.3 is 20.1 Å². The van der Waals surface area contributed by atoms with Crippen molar-refractivity contribution in [2.75, 3.05) is 18.9 Å². The number of fused-ring (bicyclic) bond motifs is 1. The highest BCUT2D eigenvalue weighted by Crippen LogP contribution is 2.23. The van der Waals surface area contributed by atoms with E-state index in [-0.39, 0.29) is 0 Å². The Morgan fingerprint density at radius 1 is 1.33 bits per heavy atom. The highest BCUT2D eigenvalue weighted by atomic mass is 16.5. The van der Waals surface area contributed by atoms with Crippen LogP contribution >= 0.6 is 0 Å². The molecule has 1 heterocycles. The zero-order valence-corrected chi connectivity index (χ0v) is 13.0. The predicted molar refractivity (Wildman–Crippen MR) is 85.1 cm³/mol. The second-order valence-corrected chi connectivity index (χ2v) is 5.87. The van der Waals surface area contributed by atoms with Crippen molar-refractivity contribution in [3.63, 3.8) is 0 Å². The largest absolute Gasteiger partial charge is 0.399 e. The molecule has 1 atom stereocenters. The Balaban J connectivity index is 2.11. The van der Waals surface area contributed by atoms with Crippen molar-refractivity contribution in [1.29, 1.82) is 0 Å². The van der Waals surface area contributed by atoms with Gasteiger partial charge in [0.1, 0.15) is 11.9 Å². The summed E-state index contributed by atoms with van der Waals surface area (Å²) in [5.74, 6) is 1.23. The van der Waals surface area contributed by atoms with Crippen molar-refractivity contribution in [1.82, 2.24) is 9.55 Å². The number of nitrogen functional groups attached to an aromatic ring is 1. The second kappa shape index (κ2) is 6.91. The summed E-state index contributed by atoms with van der Waals surface area (Å²) in [7, 11) is 0. The average Bonchev–Trinajstić information content (AvgIpc) is 2.76. The van der Waals surface area contributed by atoms with E-state index in [0.717, 1.165) is 30.6 Å². The minimum absolute atomic E-state index is 0.551. The summed E-state index contributed by atoms with van der Waals surface area (Å²) in [6, 6.07) is 5.66. The van der Waals surface area contributed by atoms with Crippen LogP contribution in [0.2, 0.25) is 0 Å². The van der Waals surface area contributed by atoms with Crippen LogP contribution in [0.4, 0.5) is 5.69 Å². The van der Waals surface area contributed by atoms with Crippen LogP contribution in [-0.4, -0.2) is 27.9 Å². The molecule has 0 saturated heterocycles. The molecule has 0 aliphatic heterocycles. The molecule has 21 heavy (non-hydrogen) atoms. The number of nitrogens with zero attached hydrogens (tertiary/aromatic N) is 2. The third kappa shape index (κ3) is 3.95. The average molecular weight is 291 g/mol. The molecule has 1 aromatic heterocycles. The molecule has 0 fully saturated rings. The van der Waals surface area contributed by atoms with Gasteiger partial charge in [0, 0.05) is 25.4 Å². The van der Waals surface area contributed by atoms with Crippen LogP contribution in [0.25, 0.3) is 11.0 Å². The first-order valence-electron chi connectivity index (χ1n) is 7.50. The summed E-state index contributed by atoms with van der Waals surface area (Å²) in [5.41, 5.74) is 8.31. The quantitative estimate of drug-likeness (QED) is 0.607. The van der Waals surface area contributed by atoms with Crippen molar-refractivity contribution >= 4 is 16.7 Å². The maximum atomic E-state index is 9.90. The van der Waals surface area contributed by atoms with Crippen LogP contribution in [-0.2, 0) is 11.3 Å². The van der Waals surface area contributed by atoms with Crippen LogP contribution < -0.4 is 5.73 Å². The highest BCUT2D eigenvalue weighted by molar-refractivity contribution is 5.79. The molecule has 3 N–H and O–H groups in total. The molecule has 0 aliphatic rings. The third-order valence-electron chi connectivity index (χ3n) is 3.30. The number of aliphatic hydroxyl groups is 1. The molecule has 2 aromatic rings. The molecular weight excluding hydrogens is 266 g/mol. The second-order valence-electron chi connectivity index (χ2n) is 5.87. The third-order valence-corrected chi connectivity index (χ3v) is 3.30. The Bertz CT molecular complexity index is 590. The topological polar surface area (TPSA) is 73.3 Å². The number of aliphatic hydroxyl groups excluding tert-OH is 1. The zero-order valence-electron chi connectivity index (χ0n) is 13.0. The Morgan fingerprint density at radius 2 is 2.10 bits per heavy atom. The van der Waals surface area contributed by atoms with Gasteiger partial charge in [-0.15, -0.1) is 0 Å². The minimum atomic E-state index is -0.602. The highest BCUT2D eigenvalue weighted by Gasteiger charge is 2.14. The molecular formula is C16H25N3O2. The first-order valence-corrected chi connectivity index (χ1v) is 7.50. The van der Waals surface area contributed by atoms with Crippen LogP contribution in [0, 0.1) is 5.92 Å². The van der Waals surface area contributed by atoms with Crippen LogP contribution in [0.15, 0.2) is 18.2 Å². The van der Waals surface area contributed by atoms with Gasteiger partial charge in [-0.2, -0.15) is 0 Å². The van der Waals surface area contributed by atoms with Crippen LogP contribution in [0.1, 0.15) is 39.1 Å². The molecule has 0 amide bonds. The van der Waals surface area contributed by atoms with E-state index in [2.05, 4.69) is 23.4 Å². The van der Waals surface area contributed by atoms with E-state index < -0.39 is 6.10 Å². The number of imidazole rings is 1. The number of aromatic nitrogens is 2. The van der Waals surface area contributed by atoms with E-state index >= 15 is 0 Å². The number of aryl methyl sites for hydroxylation is 1. The number of rotatable bonds is 7. The first kappa shape index (κ1) is 15.8. The Labute approximate surface area is 125 Å². The first-order chi connectivity index (χ1) is 9.99. The molecule has 0 radical (unpaired) electrons. The molecule has 0 saturated carbocycles. The molecule has 0 aliphatic carbocycles. The lowest BCUT2D eigenvalue weighted by Gasteiger charge is -2.12. The van der Waals surface area contributed by atoms with Crippen molar-refractivity contribution in [3.8, 4) is 0 Å². The van der Waals surface area contributed by atoms with E-state index in [1.807, 2.05) is 18.2 Å². The molecule has 1 aromatic carbocycles. The monoisotopic (exact) mass is 291 g/mol. The lowest BCUT2D eigenvalue weighted by molar-refractivity contribution is 0.104. The van der Waals surface area contributed by atoms with Gasteiger partial charge in [0.05, 0.1) is 11.0 Å². The standard InChI is InChI=1S/C16H25N3O2/c1-11(2)10-21-8-4-7-19-15-6-5-13(17)9-14(15)18-16(19)12(3)20/h5-6,9,11-12,20H,4,7-8,10,17H2,1-3H3. The maximum Gasteiger partial charge on any atom is 0.138 e. The fourth-order valence-electron chi connectivity index (χ4n) is 2.36. The summed E-state index contributed by atoms with van der Waals surface area (Å²) < 4.78 is 7.66. The lowest BCUT2D eigenvalue weighted by Crippen LogP contribution is -2.10. The summed E-state index contributed by atoms with van der Waals surface area (Å²) in [4.78, 5) is 4.49. The van der Waals surface area contributed by atoms with Gasteiger partial charge in [0.25, 0.3) is 0 Å². The Morgan fingerprint density at radius 3 is 2.76 bits per heavy atom. The number of hydrogen-bond donors (Lipinski definition) is 2. The van der Waals surface area contributed by atoms with E-state index in [9.17, 15) is 5.11 Å². The summed E-state index contributed by atoms with van der Waals surface area (Å²) >= 11 is 0. The summed E-state index contributed by atoms with van der Waals surface area (Å²) in [5, 5.41) is 9.90. The van der Waals surface area contributed by atoms with Crippen LogP contribution in [0.3, 0.4) is 0 Å². The molecule has 5 nitrogen and oxygen atoms in total. The molecule has 0 spiro atoms. The number of nitrogens with two attached hydrogens (primary N) is 1. The fraction of sp³-hybridized carbons (Fsp3) is 0.562. The smallest absolute Gasteiger partial charge is 0.138 e. The number of hydrogen-bond acceptors (Lipinski definition) is 4. The SMILES string of the molecule is CC(C)COCCCn1c(C(C)O)nc2cc(N)ccc21. The van der Waals surface area contributed by atoms with Crippen molar-refractivity contribution in [2.24, 2.45) is 5.92 Å². The van der Waals surface area contributed by atoms with Gasteiger partial charge in [0.15, 0.2) is 0 Å². The molecule has 116 valence electrons. The Hall–Kier alpha value is -1.59. The maximum absolute atomic E-state index is 9.90. The van der Waals surface area contributed by atoms with Gasteiger partial charge in [-0.05, 0) is 37.5 Å². The number of benzene rings is 1. The molecule has 1 unspecified atom stereocenters. The van der Waals surface area contributed by atoms with Gasteiger partial charge in [0.2, 0.25) is 0 Å². The molecule has 0 bridgehead atoms. The minimum Gasteiger partial charge on any atom is -0.399 e. The van der Waals surface area contributed by atoms with Gasteiger partial charge in [-0.25, -0.2) is 4.98 Å². The molecule has 5 heteroatoms. The zero-order chi connectivity index (χ0) is 15.4. The van der Waals surface area contributed by atoms with Crippen LogP contribution in [0.5, 0.6) is 0 Å². The van der Waals surface area contributed by atoms with E-state index in [4.69, 9.17) is 10.5 Å². The van der Waals surface area contributed by atoms with Gasteiger partial charge in [-0.1, -0.05) is 13.8 Å².